The number of aromatic nitrogens is 7. The van der Waals surface area contributed by atoms with Crippen molar-refractivity contribution in [3.8, 4) is 5.82 Å². The fourth-order valence-corrected chi connectivity index (χ4v) is 4.39. The van der Waals surface area contributed by atoms with Gasteiger partial charge in [-0.15, -0.1) is 10.2 Å². The molecular weight excluding hydrogens is 598 g/mol. The van der Waals surface area contributed by atoms with Gasteiger partial charge in [0.15, 0.2) is 5.82 Å². The van der Waals surface area contributed by atoms with Crippen LogP contribution in [0.25, 0.3) is 5.82 Å². The molecule has 0 bridgehead atoms. The highest BCUT2D eigenvalue weighted by Crippen LogP contribution is 2.29. The highest BCUT2D eigenvalue weighted by Gasteiger charge is 2.37. The molecule has 214 valence electrons. The zero-order valence-electron chi connectivity index (χ0n) is 21.4. The molecule has 0 saturated heterocycles. The first-order valence-corrected chi connectivity index (χ1v) is 12.8. The van der Waals surface area contributed by atoms with Gasteiger partial charge in [0.1, 0.15) is 12.2 Å². The van der Waals surface area contributed by atoms with Gasteiger partial charge in [-0.2, -0.15) is 23.1 Å². The van der Waals surface area contributed by atoms with E-state index < -0.39 is 23.8 Å². The first-order valence-electron chi connectivity index (χ1n) is 12.0. The zero-order chi connectivity index (χ0) is 30.0. The molecule has 2 aromatic carbocycles. The molecule has 11 nitrogen and oxygen atoms in total. The molecule has 0 fully saturated rings. The number of carbonyl (C=O) groups is 2. The Hall–Kier alpha value is -4.82. The van der Waals surface area contributed by atoms with Crippen molar-refractivity contribution in [3.05, 3.63) is 105 Å². The third-order valence-corrected chi connectivity index (χ3v) is 6.27. The Morgan fingerprint density at radius 2 is 1.71 bits per heavy atom. The van der Waals surface area contributed by atoms with Crippen LogP contribution in [0.4, 0.5) is 24.5 Å². The summed E-state index contributed by atoms with van der Waals surface area (Å²) in [5, 5.41) is 20.0. The summed E-state index contributed by atoms with van der Waals surface area (Å²) in [6, 6.07) is 16.1. The van der Waals surface area contributed by atoms with Gasteiger partial charge >= 0.3 is 6.18 Å². The molecule has 3 heterocycles. The summed E-state index contributed by atoms with van der Waals surface area (Å²) in [7, 11) is 0. The van der Waals surface area contributed by atoms with Crippen molar-refractivity contribution in [3.63, 3.8) is 0 Å². The molecule has 2 N–H and O–H groups in total. The predicted octanol–water partition coefficient (Wildman–Crippen LogP) is 5.44. The summed E-state index contributed by atoms with van der Waals surface area (Å²) in [6.07, 6.45) is -3.36. The average molecular weight is 616 g/mol. The van der Waals surface area contributed by atoms with Crippen LogP contribution < -0.4 is 10.6 Å². The third-order valence-electron chi connectivity index (χ3n) is 5.76. The van der Waals surface area contributed by atoms with Crippen LogP contribution in [0.15, 0.2) is 66.9 Å². The molecule has 0 aliphatic heterocycles. The Labute approximate surface area is 245 Å². The van der Waals surface area contributed by atoms with Crippen molar-refractivity contribution in [1.82, 2.24) is 35.0 Å². The molecule has 5 aromatic rings. The molecule has 16 heteroatoms. The van der Waals surface area contributed by atoms with E-state index in [0.717, 1.165) is 4.68 Å². The first kappa shape index (κ1) is 28.7. The van der Waals surface area contributed by atoms with Crippen molar-refractivity contribution in [1.29, 1.82) is 0 Å². The number of amides is 2. The van der Waals surface area contributed by atoms with E-state index in [4.69, 9.17) is 23.2 Å². The fourth-order valence-electron chi connectivity index (χ4n) is 3.92. The number of hydrogen-bond acceptors (Lipinski definition) is 7. The van der Waals surface area contributed by atoms with Crippen molar-refractivity contribution in [2.75, 3.05) is 10.6 Å². The normalized spacial score (nSPS) is 11.4. The van der Waals surface area contributed by atoms with Gasteiger partial charge in [0.05, 0.1) is 22.0 Å². The lowest BCUT2D eigenvalue weighted by atomic mass is 10.1. The number of carbonyl (C=O) groups excluding carboxylic acids is 2. The van der Waals surface area contributed by atoms with E-state index in [1.807, 2.05) is 0 Å². The number of rotatable bonds is 7. The smallest absolute Gasteiger partial charge is 0.322 e. The highest BCUT2D eigenvalue weighted by molar-refractivity contribution is 6.32. The second-order valence-corrected chi connectivity index (χ2v) is 9.65. The van der Waals surface area contributed by atoms with Gasteiger partial charge < -0.3 is 10.6 Å². The Kier molecular flexibility index (Phi) is 7.91. The molecule has 0 aliphatic rings. The van der Waals surface area contributed by atoms with E-state index in [2.05, 4.69) is 36.1 Å². The van der Waals surface area contributed by atoms with Crippen LogP contribution in [-0.4, -0.2) is 46.8 Å². The molecule has 0 atom stereocenters. The lowest BCUT2D eigenvalue weighted by Gasteiger charge is -2.15. The summed E-state index contributed by atoms with van der Waals surface area (Å²) in [6.45, 7) is 1.30. The Morgan fingerprint density at radius 1 is 0.952 bits per heavy atom. The number of aryl methyl sites for hydroxylation is 1. The van der Waals surface area contributed by atoms with Crippen LogP contribution in [0.1, 0.15) is 37.9 Å². The summed E-state index contributed by atoms with van der Waals surface area (Å²) >= 11 is 12.6. The van der Waals surface area contributed by atoms with Gasteiger partial charge in [0.25, 0.3) is 17.6 Å². The molecule has 0 saturated carbocycles. The number of pyridine rings is 1. The third kappa shape index (κ3) is 6.24. The summed E-state index contributed by atoms with van der Waals surface area (Å²) in [4.78, 5) is 31.8. The summed E-state index contributed by atoms with van der Waals surface area (Å²) < 4.78 is 40.0. The maximum absolute atomic E-state index is 13.7. The number of anilines is 2. The van der Waals surface area contributed by atoms with Gasteiger partial charge in [-0.05, 0) is 60.2 Å². The molecule has 0 radical (unpaired) electrons. The van der Waals surface area contributed by atoms with Gasteiger partial charge in [-0.25, -0.2) is 9.67 Å². The largest absolute Gasteiger partial charge is 0.455 e. The van der Waals surface area contributed by atoms with Gasteiger partial charge in [-0.3, -0.25) is 9.59 Å². The maximum Gasteiger partial charge on any atom is 0.455 e. The van der Waals surface area contributed by atoms with Crippen LogP contribution in [-0.2, 0) is 12.7 Å². The minimum absolute atomic E-state index is 0.0768. The fraction of sp³-hybridized carbons (Fsp3) is 0.115. The number of hydrogen-bond donors (Lipinski definition) is 2. The number of alkyl halides is 3. The summed E-state index contributed by atoms with van der Waals surface area (Å²) in [5.41, 5.74) is 1.29. The van der Waals surface area contributed by atoms with Crippen molar-refractivity contribution >= 4 is 46.4 Å². The van der Waals surface area contributed by atoms with Gasteiger partial charge in [-0.1, -0.05) is 41.4 Å². The van der Waals surface area contributed by atoms with Crippen LogP contribution in [0, 0.1) is 6.92 Å². The lowest BCUT2D eigenvalue weighted by Crippen LogP contribution is -2.21. The van der Waals surface area contributed by atoms with Crippen LogP contribution in [0.3, 0.4) is 0 Å². The Bertz CT molecular complexity index is 1790. The predicted molar refractivity (Wildman–Crippen MR) is 147 cm³/mol. The number of nitrogens with one attached hydrogen (secondary N) is 2. The second kappa shape index (κ2) is 11.6. The zero-order valence-corrected chi connectivity index (χ0v) is 22.9. The van der Waals surface area contributed by atoms with Crippen molar-refractivity contribution in [2.24, 2.45) is 0 Å². The Morgan fingerprint density at radius 3 is 2.40 bits per heavy atom. The van der Waals surface area contributed by atoms with Crippen molar-refractivity contribution in [2.45, 2.75) is 19.6 Å². The topological polar surface area (TPSA) is 133 Å². The van der Waals surface area contributed by atoms with Crippen LogP contribution in [0.5, 0.6) is 0 Å². The molecule has 5 rings (SSSR count). The average Bonchev–Trinajstić information content (AvgIpc) is 3.58. The molecule has 0 spiro atoms. The number of para-hydroxylation sites is 1. The molecule has 0 aliphatic carbocycles. The monoisotopic (exact) mass is 615 g/mol. The molecule has 2 amide bonds. The van der Waals surface area contributed by atoms with E-state index in [0.29, 0.717) is 16.0 Å². The molecule has 0 unspecified atom stereocenters. The van der Waals surface area contributed by atoms with Gasteiger partial charge in [0.2, 0.25) is 0 Å². The van der Waals surface area contributed by atoms with E-state index in [1.54, 1.807) is 49.4 Å². The quantitative estimate of drug-likeness (QED) is 0.249. The van der Waals surface area contributed by atoms with Crippen LogP contribution in [0.2, 0.25) is 10.0 Å². The summed E-state index contributed by atoms with van der Waals surface area (Å²) in [5.74, 6) is -2.60. The van der Waals surface area contributed by atoms with E-state index in [9.17, 15) is 22.8 Å². The Balaban J connectivity index is 1.51. The van der Waals surface area contributed by atoms with Crippen molar-refractivity contribution < 1.29 is 22.8 Å². The second-order valence-electron chi connectivity index (χ2n) is 8.80. The number of benzene rings is 2. The maximum atomic E-state index is 13.7. The SMILES string of the molecule is Cc1cc(Cl)cc(C(=O)Nc2ccccc2)c1NC(=O)c1cc(Cn2nnc(C(F)(F)F)n2)nn1-c1ncccc1Cl. The first-order chi connectivity index (χ1) is 20.0. The minimum Gasteiger partial charge on any atom is -0.322 e. The van der Waals surface area contributed by atoms with Gasteiger partial charge in [0, 0.05) is 16.9 Å². The minimum atomic E-state index is -4.79. The van der Waals surface area contributed by atoms with Crippen LogP contribution >= 0.6 is 23.2 Å². The number of halogens is 5. The van der Waals surface area contributed by atoms with E-state index in [-0.39, 0.29) is 45.0 Å². The van der Waals surface area contributed by atoms with E-state index >= 15 is 0 Å². The molecular formula is C26H18Cl2F3N9O2. The molecule has 42 heavy (non-hydrogen) atoms. The number of tetrazole rings is 1. The molecule has 3 aromatic heterocycles. The lowest BCUT2D eigenvalue weighted by molar-refractivity contribution is -0.145. The number of nitrogens with zero attached hydrogens (tertiary/aromatic N) is 7. The highest BCUT2D eigenvalue weighted by atomic mass is 35.5. The van der Waals surface area contributed by atoms with E-state index in [1.165, 1.54) is 24.4 Å². The standard InChI is InChI=1S/C26H18Cl2F3N9O2/c1-14-10-15(27)11-18(23(41)33-16-6-3-2-4-7-16)21(14)34-24(42)20-12-17(13-39-37-25(35-38-39)26(29,30)31)36-40(20)22-19(28)8-5-9-32-22/h2-12H,13H2,1H3,(H,33,41)(H,34,42).